The molecule has 10 nitrogen and oxygen atoms in total. The quantitative estimate of drug-likeness (QED) is 0.0236. The van der Waals surface area contributed by atoms with Gasteiger partial charge in [0.2, 0.25) is 0 Å². The van der Waals surface area contributed by atoms with Gasteiger partial charge in [0.05, 0.1) is 19.8 Å². The summed E-state index contributed by atoms with van der Waals surface area (Å²) in [6.07, 6.45) is 58.4. The number of hydrogen-bond acceptors (Lipinski definition) is 8. The van der Waals surface area contributed by atoms with Crippen molar-refractivity contribution in [1.82, 2.24) is 0 Å². The molecule has 0 aliphatic heterocycles. The highest BCUT2D eigenvalue weighted by atomic mass is 31.2. The van der Waals surface area contributed by atoms with E-state index in [1.54, 1.807) is 0 Å². The summed E-state index contributed by atoms with van der Waals surface area (Å²) in [5.74, 6) is -1.89. The third kappa shape index (κ3) is 42.3. The summed E-state index contributed by atoms with van der Waals surface area (Å²) < 4.78 is 33.2. The molecule has 0 heterocycles. The number of esters is 1. The van der Waals surface area contributed by atoms with E-state index in [1.807, 2.05) is 12.2 Å². The number of phosphoric ester groups is 1. The smallest absolute Gasteiger partial charge is 0.472 e. The average molecular weight is 842 g/mol. The average Bonchev–Trinajstić information content (AvgIpc) is 3.21. The van der Waals surface area contributed by atoms with E-state index in [1.165, 1.54) is 0 Å². The number of hydrogen-bond donors (Lipinski definition) is 3. The maximum atomic E-state index is 12.6. The van der Waals surface area contributed by atoms with Gasteiger partial charge in [-0.15, -0.1) is 0 Å². The molecule has 0 fully saturated rings. The minimum Gasteiger partial charge on any atom is -0.480 e. The van der Waals surface area contributed by atoms with Gasteiger partial charge in [0, 0.05) is 13.0 Å². The van der Waals surface area contributed by atoms with Crippen molar-refractivity contribution in [3.8, 4) is 0 Å². The number of ether oxygens (including phenoxy) is 2. The fourth-order valence-electron chi connectivity index (χ4n) is 4.97. The first kappa shape index (κ1) is 55.4. The van der Waals surface area contributed by atoms with Gasteiger partial charge in [-0.05, 0) is 89.9 Å². The lowest BCUT2D eigenvalue weighted by atomic mass is 10.1. The second-order valence-electron chi connectivity index (χ2n) is 13.7. The molecule has 0 aromatic rings. The molecule has 0 saturated carbocycles. The lowest BCUT2D eigenvalue weighted by Crippen LogP contribution is -2.34. The Morgan fingerprint density at radius 1 is 0.542 bits per heavy atom. The van der Waals surface area contributed by atoms with E-state index in [4.69, 9.17) is 29.4 Å². The third-order valence-corrected chi connectivity index (χ3v) is 9.20. The number of allylic oxidation sites excluding steroid dienone is 20. The molecule has 0 aromatic carbocycles. The van der Waals surface area contributed by atoms with Gasteiger partial charge in [0.25, 0.3) is 0 Å². The minimum atomic E-state index is -4.65. The molecule has 0 amide bonds. The molecule has 3 atom stereocenters. The third-order valence-electron chi connectivity index (χ3n) is 8.25. The van der Waals surface area contributed by atoms with E-state index in [0.29, 0.717) is 13.0 Å². The van der Waals surface area contributed by atoms with Crippen molar-refractivity contribution in [3.63, 3.8) is 0 Å². The van der Waals surface area contributed by atoms with E-state index in [-0.39, 0.29) is 13.0 Å². The molecule has 0 aliphatic rings. The van der Waals surface area contributed by atoms with Crippen molar-refractivity contribution < 1.29 is 42.7 Å². The fraction of sp³-hybridized carbons (Fsp3) is 0.542. The molecule has 3 unspecified atom stereocenters. The monoisotopic (exact) mass is 842 g/mol. The second-order valence-corrected chi connectivity index (χ2v) is 15.2. The number of carboxylic acids is 1. The predicted octanol–water partition coefficient (Wildman–Crippen LogP) is 12.1. The molecule has 332 valence electrons. The standard InChI is InChI=1S/C48H76NO9P/c1-3-5-7-9-11-13-15-17-19-21-23-24-26-28-30-32-34-36-38-40-47(50)58-45(43-56-59(53,54)57-44-46(49)48(51)52)42-55-41-39-37-35-33-31-29-27-25-22-20-18-16-14-12-10-8-6-4-2/h5-8,11-14,17-20,23-25,27-28,30,34,36,45-46H,3-4,9-10,15-16,21-22,26,29,31-33,35,37-44,49H2,1-2H3,(H,51,52)(H,53,54)/b7-5-,8-6-,13-11-,14-12-,19-17-,20-18-,24-23-,27-25-,30-28-,36-34-. The van der Waals surface area contributed by atoms with Crippen molar-refractivity contribution in [1.29, 1.82) is 0 Å². The zero-order valence-electron chi connectivity index (χ0n) is 36.0. The zero-order chi connectivity index (χ0) is 43.3. The first-order valence-electron chi connectivity index (χ1n) is 21.6. The largest absolute Gasteiger partial charge is 0.480 e. The Hall–Kier alpha value is -3.63. The Bertz CT molecular complexity index is 1390. The maximum Gasteiger partial charge on any atom is 0.472 e. The number of rotatable bonds is 39. The normalized spacial score (nSPS) is 15.1. The molecule has 0 saturated heterocycles. The van der Waals surface area contributed by atoms with Gasteiger partial charge in [-0.2, -0.15) is 0 Å². The minimum absolute atomic E-state index is 0.0356. The highest BCUT2D eigenvalue weighted by Crippen LogP contribution is 2.43. The Kier molecular flexibility index (Phi) is 39.9. The van der Waals surface area contributed by atoms with E-state index in [0.717, 1.165) is 103 Å². The van der Waals surface area contributed by atoms with E-state index >= 15 is 0 Å². The van der Waals surface area contributed by atoms with E-state index in [2.05, 4.69) is 123 Å². The lowest BCUT2D eigenvalue weighted by molar-refractivity contribution is -0.154. The first-order chi connectivity index (χ1) is 28.7. The lowest BCUT2D eigenvalue weighted by Gasteiger charge is -2.20. The molecule has 0 radical (unpaired) electrons. The van der Waals surface area contributed by atoms with E-state index in [9.17, 15) is 19.0 Å². The molecule has 11 heteroatoms. The van der Waals surface area contributed by atoms with Crippen LogP contribution in [0.5, 0.6) is 0 Å². The summed E-state index contributed by atoms with van der Waals surface area (Å²) >= 11 is 0. The molecule has 0 aliphatic carbocycles. The van der Waals surface area contributed by atoms with Gasteiger partial charge in [-0.1, -0.05) is 155 Å². The van der Waals surface area contributed by atoms with Crippen LogP contribution in [-0.2, 0) is 32.7 Å². The predicted molar refractivity (Wildman–Crippen MR) is 244 cm³/mol. The van der Waals surface area contributed by atoms with Crippen molar-refractivity contribution in [2.24, 2.45) is 5.73 Å². The van der Waals surface area contributed by atoms with Gasteiger partial charge in [0.1, 0.15) is 12.1 Å². The molecule has 59 heavy (non-hydrogen) atoms. The summed E-state index contributed by atoms with van der Waals surface area (Å²) in [6.45, 7) is 3.48. The Morgan fingerprint density at radius 3 is 1.39 bits per heavy atom. The summed E-state index contributed by atoms with van der Waals surface area (Å²) in [5.41, 5.74) is 5.35. The van der Waals surface area contributed by atoms with Gasteiger partial charge in [-0.25, -0.2) is 4.57 Å². The van der Waals surface area contributed by atoms with Crippen LogP contribution in [0.3, 0.4) is 0 Å². The Morgan fingerprint density at radius 2 is 0.932 bits per heavy atom. The second kappa shape index (κ2) is 42.5. The number of carbonyl (C=O) groups excluding carboxylic acids is 1. The van der Waals surface area contributed by atoms with Gasteiger partial charge in [-0.3, -0.25) is 18.6 Å². The SMILES string of the molecule is CC/C=C\C/C=C\C/C=C\C/C=C\C/C=C\C/C=C\CCC(=O)OC(COCCCCCCC/C=C\C/C=C\C/C=C\C/C=C\CC)COP(=O)(O)OCC(N)C(=O)O. The fourth-order valence-corrected chi connectivity index (χ4v) is 5.75. The number of unbranched alkanes of at least 4 members (excludes halogenated alkanes) is 5. The number of phosphoric acid groups is 1. The van der Waals surface area contributed by atoms with Crippen molar-refractivity contribution in [3.05, 3.63) is 122 Å². The molecule has 0 spiro atoms. The topological polar surface area (TPSA) is 155 Å². The molecule has 0 rings (SSSR count). The number of carbonyl (C=O) groups is 2. The van der Waals surface area contributed by atoms with Gasteiger partial charge >= 0.3 is 19.8 Å². The number of nitrogens with two attached hydrogens (primary N) is 1. The number of aliphatic carboxylic acids is 1. The summed E-state index contributed by atoms with van der Waals surface area (Å²) in [6, 6.07) is -1.50. The maximum absolute atomic E-state index is 12.6. The van der Waals surface area contributed by atoms with Crippen molar-refractivity contribution >= 4 is 19.8 Å². The summed E-state index contributed by atoms with van der Waals surface area (Å²) in [7, 11) is -4.65. The van der Waals surface area contributed by atoms with Crippen LogP contribution in [0, 0.1) is 0 Å². The number of carboxylic acid groups (broad SMARTS) is 1. The summed E-state index contributed by atoms with van der Waals surface area (Å²) in [5, 5.41) is 8.90. The van der Waals surface area contributed by atoms with Crippen LogP contribution in [0.15, 0.2) is 122 Å². The van der Waals surface area contributed by atoms with Crippen LogP contribution in [0.25, 0.3) is 0 Å². The van der Waals surface area contributed by atoms with Crippen molar-refractivity contribution in [2.45, 2.75) is 142 Å². The van der Waals surface area contributed by atoms with Crippen LogP contribution in [0.1, 0.15) is 129 Å². The molecule has 4 N–H and O–H groups in total. The van der Waals surface area contributed by atoms with E-state index < -0.39 is 45.1 Å². The highest BCUT2D eigenvalue weighted by molar-refractivity contribution is 7.47. The van der Waals surface area contributed by atoms with Gasteiger partial charge in [0.15, 0.2) is 0 Å². The zero-order valence-corrected chi connectivity index (χ0v) is 36.9. The van der Waals surface area contributed by atoms with Crippen LogP contribution in [0.4, 0.5) is 0 Å². The molecule has 0 bridgehead atoms. The summed E-state index contributed by atoms with van der Waals surface area (Å²) in [4.78, 5) is 33.5. The van der Waals surface area contributed by atoms with Gasteiger partial charge < -0.3 is 25.2 Å². The highest BCUT2D eigenvalue weighted by Gasteiger charge is 2.27. The van der Waals surface area contributed by atoms with Crippen LogP contribution in [0.2, 0.25) is 0 Å². The molecular formula is C48H76NO9P. The van der Waals surface area contributed by atoms with Crippen LogP contribution >= 0.6 is 7.82 Å². The molecule has 0 aromatic heterocycles. The van der Waals surface area contributed by atoms with Crippen LogP contribution < -0.4 is 5.73 Å². The Balaban J connectivity index is 4.45. The first-order valence-corrected chi connectivity index (χ1v) is 23.1. The molecular weight excluding hydrogens is 766 g/mol. The van der Waals surface area contributed by atoms with Crippen molar-refractivity contribution in [2.75, 3.05) is 26.4 Å². The Labute approximate surface area is 356 Å². The van der Waals surface area contributed by atoms with Crippen LogP contribution in [-0.4, -0.2) is 60.5 Å².